The Balaban J connectivity index is 2.12. The fourth-order valence-electron chi connectivity index (χ4n) is 2.74. The fourth-order valence-corrected chi connectivity index (χ4v) is 2.74. The highest BCUT2D eigenvalue weighted by molar-refractivity contribution is 5.06. The van der Waals surface area contributed by atoms with Gasteiger partial charge in [-0.1, -0.05) is 12.1 Å². The minimum Gasteiger partial charge on any atom is -0.378 e. The van der Waals surface area contributed by atoms with Crippen molar-refractivity contribution in [3.05, 3.63) is 11.9 Å². The van der Waals surface area contributed by atoms with Crippen molar-refractivity contribution < 1.29 is 4.74 Å². The van der Waals surface area contributed by atoms with E-state index >= 15 is 0 Å². The Kier molecular flexibility index (Phi) is 4.35. The molecule has 1 atom stereocenters. The van der Waals surface area contributed by atoms with Gasteiger partial charge in [-0.15, -0.1) is 5.10 Å². The number of nitrogens with zero attached hydrogens (tertiary/aromatic N) is 3. The molecule has 1 fully saturated rings. The molecular weight excluding hydrogens is 228 g/mol. The number of ether oxygens (including phenoxy) is 1. The Morgan fingerprint density at radius 3 is 2.78 bits per heavy atom. The molecule has 0 amide bonds. The minimum atomic E-state index is 0.0652. The van der Waals surface area contributed by atoms with Crippen LogP contribution in [0.5, 0.6) is 0 Å². The number of nitrogens with one attached hydrogen (secondary N) is 1. The van der Waals surface area contributed by atoms with E-state index in [2.05, 4.69) is 29.5 Å². The van der Waals surface area contributed by atoms with Gasteiger partial charge in [0.2, 0.25) is 0 Å². The second-order valence-corrected chi connectivity index (χ2v) is 5.03. The summed E-state index contributed by atoms with van der Waals surface area (Å²) in [5, 5.41) is 11.7. The molecule has 0 bridgehead atoms. The van der Waals surface area contributed by atoms with E-state index in [1.165, 1.54) is 25.0 Å². The second-order valence-electron chi connectivity index (χ2n) is 5.03. The molecule has 1 aliphatic rings. The molecule has 1 saturated carbocycles. The maximum absolute atomic E-state index is 5.73. The van der Waals surface area contributed by atoms with Crippen molar-refractivity contribution in [3.8, 4) is 0 Å². The first-order valence-corrected chi connectivity index (χ1v) is 6.91. The quantitative estimate of drug-likeness (QED) is 0.805. The van der Waals surface area contributed by atoms with Crippen molar-refractivity contribution in [2.75, 3.05) is 13.7 Å². The van der Waals surface area contributed by atoms with E-state index in [1.54, 1.807) is 0 Å². The molecule has 5 heteroatoms. The summed E-state index contributed by atoms with van der Waals surface area (Å²) in [5.41, 5.74) is 1.23. The molecule has 5 nitrogen and oxygen atoms in total. The van der Waals surface area contributed by atoms with Gasteiger partial charge in [0.05, 0.1) is 23.5 Å². The standard InChI is InChI=1S/C13H24N4O/c1-4-14-11(9-13(18-3)7-6-8-13)12-10-15-16-17(12)5-2/h10-11,14H,4-9H2,1-3H3. The first kappa shape index (κ1) is 13.5. The van der Waals surface area contributed by atoms with Crippen LogP contribution in [0.25, 0.3) is 0 Å². The van der Waals surface area contributed by atoms with Gasteiger partial charge >= 0.3 is 0 Å². The molecule has 102 valence electrons. The number of hydrogen-bond acceptors (Lipinski definition) is 4. The molecule has 0 radical (unpaired) electrons. The maximum atomic E-state index is 5.73. The van der Waals surface area contributed by atoms with Crippen molar-refractivity contribution in [2.45, 2.75) is 57.7 Å². The predicted octanol–water partition coefficient (Wildman–Crippen LogP) is 1.91. The summed E-state index contributed by atoms with van der Waals surface area (Å²) in [6, 6.07) is 0.283. The lowest BCUT2D eigenvalue weighted by molar-refractivity contribution is -0.0841. The number of rotatable bonds is 7. The summed E-state index contributed by atoms with van der Waals surface area (Å²) in [7, 11) is 1.83. The highest BCUT2D eigenvalue weighted by atomic mass is 16.5. The van der Waals surface area contributed by atoms with Crippen molar-refractivity contribution in [1.29, 1.82) is 0 Å². The first-order valence-electron chi connectivity index (χ1n) is 6.91. The molecule has 0 spiro atoms. The summed E-state index contributed by atoms with van der Waals surface area (Å²) in [4.78, 5) is 0. The molecule has 0 aromatic carbocycles. The van der Waals surface area contributed by atoms with Crippen LogP contribution < -0.4 is 5.32 Å². The Morgan fingerprint density at radius 2 is 2.28 bits per heavy atom. The van der Waals surface area contributed by atoms with Crippen LogP contribution in [0.2, 0.25) is 0 Å². The first-order chi connectivity index (χ1) is 8.74. The van der Waals surface area contributed by atoms with E-state index in [-0.39, 0.29) is 11.6 Å². The molecule has 1 heterocycles. The van der Waals surface area contributed by atoms with E-state index in [0.29, 0.717) is 0 Å². The van der Waals surface area contributed by atoms with Crippen LogP contribution >= 0.6 is 0 Å². The number of hydrogen-bond donors (Lipinski definition) is 1. The zero-order valence-corrected chi connectivity index (χ0v) is 11.6. The highest BCUT2D eigenvalue weighted by Crippen LogP contribution is 2.41. The lowest BCUT2D eigenvalue weighted by atomic mass is 9.75. The minimum absolute atomic E-state index is 0.0652. The molecular formula is C13H24N4O. The Labute approximate surface area is 109 Å². The molecule has 2 rings (SSSR count). The van der Waals surface area contributed by atoms with Crippen LogP contribution in [0.15, 0.2) is 6.20 Å². The van der Waals surface area contributed by atoms with Gasteiger partial charge in [0.25, 0.3) is 0 Å². The SMILES string of the molecule is CCNC(CC1(OC)CCC1)c1cnnn1CC. The largest absolute Gasteiger partial charge is 0.378 e. The number of aromatic nitrogens is 3. The zero-order chi connectivity index (χ0) is 13.0. The third-order valence-electron chi connectivity index (χ3n) is 4.03. The highest BCUT2D eigenvalue weighted by Gasteiger charge is 2.39. The average molecular weight is 252 g/mol. The third-order valence-corrected chi connectivity index (χ3v) is 4.03. The van der Waals surface area contributed by atoms with E-state index in [1.807, 2.05) is 18.0 Å². The summed E-state index contributed by atoms with van der Waals surface area (Å²) in [6.45, 7) is 6.03. The smallest absolute Gasteiger partial charge is 0.0757 e. The number of methoxy groups -OCH3 is 1. The van der Waals surface area contributed by atoms with Crippen molar-refractivity contribution in [3.63, 3.8) is 0 Å². The molecule has 18 heavy (non-hydrogen) atoms. The maximum Gasteiger partial charge on any atom is 0.0757 e. The van der Waals surface area contributed by atoms with Crippen LogP contribution in [0, 0.1) is 0 Å². The van der Waals surface area contributed by atoms with E-state index in [4.69, 9.17) is 4.74 Å². The van der Waals surface area contributed by atoms with Crippen LogP contribution in [0.3, 0.4) is 0 Å². The molecule has 1 aromatic rings. The second kappa shape index (κ2) is 5.80. The summed E-state index contributed by atoms with van der Waals surface area (Å²) >= 11 is 0. The Bertz CT molecular complexity index is 367. The fraction of sp³-hybridized carbons (Fsp3) is 0.846. The molecule has 0 aliphatic heterocycles. The predicted molar refractivity (Wildman–Crippen MR) is 70.3 cm³/mol. The van der Waals surface area contributed by atoms with E-state index in [0.717, 1.165) is 19.5 Å². The van der Waals surface area contributed by atoms with Crippen LogP contribution in [0.1, 0.15) is 51.3 Å². The lowest BCUT2D eigenvalue weighted by Gasteiger charge is -2.42. The molecule has 1 aromatic heterocycles. The van der Waals surface area contributed by atoms with Gasteiger partial charge in [-0.3, -0.25) is 0 Å². The van der Waals surface area contributed by atoms with E-state index < -0.39 is 0 Å². The van der Waals surface area contributed by atoms with Gasteiger partial charge in [-0.25, -0.2) is 4.68 Å². The monoisotopic (exact) mass is 252 g/mol. The zero-order valence-electron chi connectivity index (χ0n) is 11.6. The van der Waals surface area contributed by atoms with Crippen molar-refractivity contribution >= 4 is 0 Å². The molecule has 1 aliphatic carbocycles. The van der Waals surface area contributed by atoms with Gasteiger partial charge in [-0.05, 0) is 39.2 Å². The average Bonchev–Trinajstić information content (AvgIpc) is 2.80. The molecule has 0 saturated heterocycles. The van der Waals surface area contributed by atoms with Gasteiger partial charge in [0.1, 0.15) is 0 Å². The summed E-state index contributed by atoms with van der Waals surface area (Å²) in [5.74, 6) is 0. The van der Waals surface area contributed by atoms with Crippen molar-refractivity contribution in [1.82, 2.24) is 20.3 Å². The third kappa shape index (κ3) is 2.57. The van der Waals surface area contributed by atoms with E-state index in [9.17, 15) is 0 Å². The van der Waals surface area contributed by atoms with Gasteiger partial charge < -0.3 is 10.1 Å². The normalized spacial score (nSPS) is 19.5. The topological polar surface area (TPSA) is 52.0 Å². The molecule has 1 N–H and O–H groups in total. The number of aryl methyl sites for hydroxylation is 1. The van der Waals surface area contributed by atoms with Gasteiger partial charge in [0, 0.05) is 13.7 Å². The Hall–Kier alpha value is -0.940. The summed E-state index contributed by atoms with van der Waals surface area (Å²) < 4.78 is 7.70. The van der Waals surface area contributed by atoms with Gasteiger partial charge in [-0.2, -0.15) is 0 Å². The lowest BCUT2D eigenvalue weighted by Crippen LogP contribution is -2.43. The Morgan fingerprint density at radius 1 is 1.50 bits per heavy atom. The van der Waals surface area contributed by atoms with Crippen LogP contribution in [-0.4, -0.2) is 34.2 Å². The van der Waals surface area contributed by atoms with Crippen LogP contribution in [-0.2, 0) is 11.3 Å². The molecule has 1 unspecified atom stereocenters. The van der Waals surface area contributed by atoms with Crippen molar-refractivity contribution in [2.24, 2.45) is 0 Å². The summed E-state index contributed by atoms with van der Waals surface area (Å²) in [6.07, 6.45) is 6.49. The van der Waals surface area contributed by atoms with Gasteiger partial charge in [0.15, 0.2) is 0 Å². The van der Waals surface area contributed by atoms with Crippen LogP contribution in [0.4, 0.5) is 0 Å².